The topological polar surface area (TPSA) is 152 Å². The fourth-order valence-corrected chi connectivity index (χ4v) is 5.34. The maximum Gasteiger partial charge on any atom is 0.352 e. The lowest BCUT2D eigenvalue weighted by atomic mass is 10.0. The van der Waals surface area contributed by atoms with Gasteiger partial charge in [-0.3, -0.25) is 9.69 Å². The Kier molecular flexibility index (Phi) is 4.80. The van der Waals surface area contributed by atoms with E-state index in [-0.39, 0.29) is 17.0 Å². The number of hydrogen-bond donors (Lipinski definition) is 4. The highest BCUT2D eigenvalue weighted by Crippen LogP contribution is 2.40. The zero-order valence-corrected chi connectivity index (χ0v) is 15.1. The molecule has 2 aliphatic heterocycles. The van der Waals surface area contributed by atoms with Gasteiger partial charge in [0.05, 0.1) is 12.6 Å². The van der Waals surface area contributed by atoms with Crippen molar-refractivity contribution >= 4 is 47.0 Å². The second-order valence-electron chi connectivity index (χ2n) is 5.61. The number of anilines is 2. The van der Waals surface area contributed by atoms with Crippen LogP contribution < -0.4 is 21.8 Å². The third-order valence-electron chi connectivity index (χ3n) is 4.05. The van der Waals surface area contributed by atoms with E-state index >= 15 is 0 Å². The molecule has 3 heterocycles. The Hall–Kier alpha value is -1.98. The Labute approximate surface area is 152 Å². The van der Waals surface area contributed by atoms with Gasteiger partial charge in [0.25, 0.3) is 0 Å². The summed E-state index contributed by atoms with van der Waals surface area (Å²) in [5.74, 6) is 0.194. The first-order valence-electron chi connectivity index (χ1n) is 7.59. The van der Waals surface area contributed by atoms with Crippen molar-refractivity contribution in [3.05, 3.63) is 17.3 Å². The lowest BCUT2D eigenvalue weighted by Crippen LogP contribution is -2.68. The molecule has 25 heavy (non-hydrogen) atoms. The molecule has 1 aromatic rings. The summed E-state index contributed by atoms with van der Waals surface area (Å²) in [7, 11) is 0. The van der Waals surface area contributed by atoms with E-state index in [1.54, 1.807) is 10.6 Å². The molecule has 1 aromatic heterocycles. The average Bonchev–Trinajstić information content (AvgIpc) is 2.57. The second-order valence-corrected chi connectivity index (χ2v) is 7.66. The lowest BCUT2D eigenvalue weighted by Gasteiger charge is -2.48. The van der Waals surface area contributed by atoms with Crippen molar-refractivity contribution in [1.82, 2.24) is 9.88 Å². The van der Waals surface area contributed by atoms with Gasteiger partial charge in [-0.25, -0.2) is 9.36 Å². The maximum absolute atomic E-state index is 12.0. The van der Waals surface area contributed by atoms with Crippen LogP contribution in [0.25, 0.3) is 0 Å². The minimum atomic E-state index is -1.12. The zero-order valence-electron chi connectivity index (χ0n) is 13.5. The van der Waals surface area contributed by atoms with E-state index in [4.69, 9.17) is 17.2 Å². The van der Waals surface area contributed by atoms with Gasteiger partial charge in [-0.2, -0.15) is 0 Å². The van der Waals surface area contributed by atoms with Gasteiger partial charge in [0.2, 0.25) is 17.5 Å². The summed E-state index contributed by atoms with van der Waals surface area (Å²) in [6.07, 6.45) is 0. The van der Waals surface area contributed by atoms with Crippen LogP contribution in [0.1, 0.15) is 6.92 Å². The number of amides is 1. The average molecular weight is 383 g/mol. The van der Waals surface area contributed by atoms with Crippen LogP contribution in [0.5, 0.6) is 0 Å². The molecule has 0 radical (unpaired) electrons. The highest BCUT2D eigenvalue weighted by molar-refractivity contribution is 8.01. The van der Waals surface area contributed by atoms with Gasteiger partial charge >= 0.3 is 11.1 Å². The molecule has 2 aliphatic rings. The number of β-lactam (4-membered cyclic amide) rings is 1. The summed E-state index contributed by atoms with van der Waals surface area (Å²) in [6, 6.07) is 0.947. The van der Waals surface area contributed by atoms with E-state index in [0.717, 1.165) is 0 Å². The summed E-state index contributed by atoms with van der Waals surface area (Å²) in [6.45, 7) is 2.55. The smallest absolute Gasteiger partial charge is 0.352 e. The molecule has 2 atom stereocenters. The Bertz CT molecular complexity index is 784. The van der Waals surface area contributed by atoms with Crippen molar-refractivity contribution in [3.8, 4) is 0 Å². The highest BCUT2D eigenvalue weighted by Gasteiger charge is 2.51. The number of carboxylic acids is 1. The van der Waals surface area contributed by atoms with Gasteiger partial charge in [-0.05, 0) is 24.3 Å². The predicted octanol–water partition coefficient (Wildman–Crippen LogP) is -0.773. The molecular weight excluding hydrogens is 364 g/mol. The van der Waals surface area contributed by atoms with E-state index in [9.17, 15) is 14.7 Å². The molecule has 7 N–H and O–H groups in total. The first-order chi connectivity index (χ1) is 11.8. The van der Waals surface area contributed by atoms with Crippen LogP contribution >= 0.6 is 23.5 Å². The standard InChI is InChI=1S/C14H18N6O3S2/c1-2-19-8(16)3-7(15)18-14(19)25-5-6-4-24-12-9(17)11(21)20(12)10(6)13(22)23/h3,9,12H,2,4-5,17H2,1H3,(H4,15,16,22,23)/p+1. The van der Waals surface area contributed by atoms with E-state index in [1.165, 1.54) is 28.4 Å². The second kappa shape index (κ2) is 6.73. The zero-order chi connectivity index (χ0) is 18.3. The molecule has 11 heteroatoms. The number of aliphatic carboxylic acids is 1. The molecule has 3 rings (SSSR count). The quantitative estimate of drug-likeness (QED) is 0.222. The first kappa shape index (κ1) is 17.8. The molecular formula is C14H19N6O3S2+. The third kappa shape index (κ3) is 3.02. The number of nitrogens with two attached hydrogens (primary N) is 3. The summed E-state index contributed by atoms with van der Waals surface area (Å²) in [5.41, 5.74) is 18.1. The number of carbonyl (C=O) groups excluding carboxylic acids is 1. The Morgan fingerprint density at radius 2 is 2.28 bits per heavy atom. The SMILES string of the molecule is CC[n+]1c(N)cc(N)nc1SCC1=C(C(=O)O)N2C(=O)C(N)C2SC1. The van der Waals surface area contributed by atoms with Gasteiger partial charge in [0.1, 0.15) is 17.1 Å². The molecule has 1 saturated heterocycles. The number of carboxylic acid groups (broad SMARTS) is 1. The van der Waals surface area contributed by atoms with E-state index in [1.807, 2.05) is 6.92 Å². The Morgan fingerprint density at radius 1 is 1.56 bits per heavy atom. The monoisotopic (exact) mass is 383 g/mol. The summed E-state index contributed by atoms with van der Waals surface area (Å²) >= 11 is 2.82. The normalized spacial score (nSPS) is 22.6. The Balaban J connectivity index is 1.87. The number of nitrogen functional groups attached to an aromatic ring is 2. The minimum absolute atomic E-state index is 0.0304. The van der Waals surface area contributed by atoms with Crippen LogP contribution in [0.2, 0.25) is 0 Å². The summed E-state index contributed by atoms with van der Waals surface area (Å²) in [4.78, 5) is 29.2. The van der Waals surface area contributed by atoms with Crippen molar-refractivity contribution in [2.75, 3.05) is 23.0 Å². The molecule has 0 spiro atoms. The van der Waals surface area contributed by atoms with Crippen molar-refractivity contribution in [3.63, 3.8) is 0 Å². The van der Waals surface area contributed by atoms with Crippen molar-refractivity contribution in [2.45, 2.75) is 30.0 Å². The van der Waals surface area contributed by atoms with E-state index in [2.05, 4.69) is 4.98 Å². The predicted molar refractivity (Wildman–Crippen MR) is 95.4 cm³/mol. The highest BCUT2D eigenvalue weighted by atomic mass is 32.2. The van der Waals surface area contributed by atoms with Gasteiger partial charge in [0.15, 0.2) is 0 Å². The van der Waals surface area contributed by atoms with Gasteiger partial charge in [-0.1, -0.05) is 4.98 Å². The molecule has 9 nitrogen and oxygen atoms in total. The molecule has 1 fully saturated rings. The summed E-state index contributed by atoms with van der Waals surface area (Å²) < 4.78 is 1.80. The fraction of sp³-hybridized carbons (Fsp3) is 0.429. The van der Waals surface area contributed by atoms with E-state index < -0.39 is 12.0 Å². The molecule has 2 unspecified atom stereocenters. The molecule has 0 bridgehead atoms. The van der Waals surface area contributed by atoms with Crippen LogP contribution in [-0.4, -0.2) is 49.8 Å². The number of aromatic nitrogens is 2. The molecule has 0 aromatic carbocycles. The third-order valence-corrected chi connectivity index (χ3v) is 6.47. The largest absolute Gasteiger partial charge is 0.477 e. The number of nitrogens with zero attached hydrogens (tertiary/aromatic N) is 3. The molecule has 0 aliphatic carbocycles. The number of carbonyl (C=O) groups is 2. The first-order valence-corrected chi connectivity index (χ1v) is 9.62. The van der Waals surface area contributed by atoms with E-state index in [0.29, 0.717) is 40.4 Å². The van der Waals surface area contributed by atoms with Crippen LogP contribution in [0.4, 0.5) is 11.6 Å². The number of fused-ring (bicyclic) bond motifs is 1. The number of thioether (sulfide) groups is 2. The number of hydrogen-bond acceptors (Lipinski definition) is 8. The van der Waals surface area contributed by atoms with Crippen molar-refractivity contribution in [2.24, 2.45) is 5.73 Å². The van der Waals surface area contributed by atoms with Crippen LogP contribution in [-0.2, 0) is 16.1 Å². The van der Waals surface area contributed by atoms with Crippen LogP contribution in [0, 0.1) is 0 Å². The molecule has 134 valence electrons. The van der Waals surface area contributed by atoms with Crippen molar-refractivity contribution < 1.29 is 19.3 Å². The summed E-state index contributed by atoms with van der Waals surface area (Å²) in [5, 5.41) is 9.86. The molecule has 0 saturated carbocycles. The maximum atomic E-state index is 12.0. The Morgan fingerprint density at radius 3 is 2.92 bits per heavy atom. The minimum Gasteiger partial charge on any atom is -0.477 e. The van der Waals surface area contributed by atoms with Gasteiger partial charge in [-0.15, -0.1) is 11.8 Å². The van der Waals surface area contributed by atoms with Crippen LogP contribution in [0.3, 0.4) is 0 Å². The van der Waals surface area contributed by atoms with Gasteiger partial charge < -0.3 is 22.3 Å². The number of rotatable bonds is 5. The lowest BCUT2D eigenvalue weighted by molar-refractivity contribution is -0.719. The van der Waals surface area contributed by atoms with Crippen molar-refractivity contribution in [1.29, 1.82) is 0 Å². The van der Waals surface area contributed by atoms with Crippen LogP contribution in [0.15, 0.2) is 22.5 Å². The molecule has 1 amide bonds. The van der Waals surface area contributed by atoms with Gasteiger partial charge in [0, 0.05) is 11.5 Å². The fourth-order valence-electron chi connectivity index (χ4n) is 2.81.